The van der Waals surface area contributed by atoms with E-state index < -0.39 is 16.1 Å². The van der Waals surface area contributed by atoms with E-state index in [1.807, 2.05) is 31.2 Å². The average molecular weight is 462 g/mol. The van der Waals surface area contributed by atoms with Gasteiger partial charge in [-0.15, -0.1) is 0 Å². The van der Waals surface area contributed by atoms with Crippen molar-refractivity contribution in [1.82, 2.24) is 0 Å². The zero-order valence-electron chi connectivity index (χ0n) is 18.8. The van der Waals surface area contributed by atoms with Gasteiger partial charge in [0.2, 0.25) is 15.9 Å². The van der Waals surface area contributed by atoms with Crippen LogP contribution in [-0.4, -0.2) is 59.5 Å². The number of morpholine rings is 1. The van der Waals surface area contributed by atoms with Crippen molar-refractivity contribution in [3.8, 4) is 5.75 Å². The zero-order valence-corrected chi connectivity index (χ0v) is 19.6. The number of ether oxygens (including phenoxy) is 2. The molecule has 3 rings (SSSR count). The number of benzene rings is 2. The van der Waals surface area contributed by atoms with Crippen molar-refractivity contribution in [3.05, 3.63) is 48.5 Å². The summed E-state index contributed by atoms with van der Waals surface area (Å²) in [6.45, 7) is 7.23. The molecule has 8 nitrogen and oxygen atoms in total. The van der Waals surface area contributed by atoms with Gasteiger partial charge in [0.1, 0.15) is 11.8 Å². The second-order valence-corrected chi connectivity index (χ2v) is 9.40. The number of hydrogen-bond acceptors (Lipinski definition) is 6. The molecule has 32 heavy (non-hydrogen) atoms. The van der Waals surface area contributed by atoms with Crippen molar-refractivity contribution in [2.45, 2.75) is 26.3 Å². The Morgan fingerprint density at radius 1 is 1.09 bits per heavy atom. The van der Waals surface area contributed by atoms with Crippen LogP contribution in [0.4, 0.5) is 17.1 Å². The Labute approximate surface area is 190 Å². The van der Waals surface area contributed by atoms with Crippen LogP contribution in [0.2, 0.25) is 0 Å². The van der Waals surface area contributed by atoms with Crippen LogP contribution >= 0.6 is 0 Å². The molecular formula is C23H31N3O5S. The van der Waals surface area contributed by atoms with E-state index in [0.717, 1.165) is 25.0 Å². The number of anilines is 3. The van der Waals surface area contributed by atoms with E-state index in [0.29, 0.717) is 43.4 Å². The second-order valence-electron chi connectivity index (χ2n) is 7.55. The molecule has 1 fully saturated rings. The molecule has 2 aromatic carbocycles. The van der Waals surface area contributed by atoms with Gasteiger partial charge in [0.25, 0.3) is 0 Å². The molecule has 0 saturated carbocycles. The molecule has 2 aromatic rings. The van der Waals surface area contributed by atoms with Crippen molar-refractivity contribution in [2.24, 2.45) is 0 Å². The number of rotatable bonds is 9. The molecule has 174 valence electrons. The highest BCUT2D eigenvalue weighted by atomic mass is 32.2. The highest BCUT2D eigenvalue weighted by Gasteiger charge is 2.31. The molecule has 0 unspecified atom stereocenters. The minimum absolute atomic E-state index is 0.317. The molecule has 0 aromatic heterocycles. The summed E-state index contributed by atoms with van der Waals surface area (Å²) >= 11 is 0. The molecule has 1 heterocycles. The van der Waals surface area contributed by atoms with Gasteiger partial charge in [0.15, 0.2) is 0 Å². The van der Waals surface area contributed by atoms with E-state index in [2.05, 4.69) is 10.2 Å². The summed E-state index contributed by atoms with van der Waals surface area (Å²) in [5, 5.41) is 2.86. The summed E-state index contributed by atoms with van der Waals surface area (Å²) in [6.07, 6.45) is 1.43. The average Bonchev–Trinajstić information content (AvgIpc) is 2.78. The van der Waals surface area contributed by atoms with Crippen molar-refractivity contribution in [2.75, 3.05) is 53.7 Å². The normalized spacial score (nSPS) is 15.2. The Morgan fingerprint density at radius 2 is 1.72 bits per heavy atom. The summed E-state index contributed by atoms with van der Waals surface area (Å²) in [6, 6.07) is 13.4. The highest BCUT2D eigenvalue weighted by Crippen LogP contribution is 2.26. The lowest BCUT2D eigenvalue weighted by atomic mass is 10.1. The first-order valence-electron chi connectivity index (χ1n) is 10.8. The molecule has 0 aliphatic carbocycles. The third-order valence-electron chi connectivity index (χ3n) is 5.24. The number of amides is 1. The monoisotopic (exact) mass is 461 g/mol. The minimum atomic E-state index is -3.70. The molecule has 0 bridgehead atoms. The molecule has 0 radical (unpaired) electrons. The Hall–Kier alpha value is -2.78. The third-order valence-corrected chi connectivity index (χ3v) is 6.42. The van der Waals surface area contributed by atoms with Crippen molar-refractivity contribution < 1.29 is 22.7 Å². The first-order chi connectivity index (χ1) is 15.3. The molecular weight excluding hydrogens is 430 g/mol. The van der Waals surface area contributed by atoms with Gasteiger partial charge in [-0.05, 0) is 61.9 Å². The lowest BCUT2D eigenvalue weighted by molar-refractivity contribution is -0.117. The van der Waals surface area contributed by atoms with Gasteiger partial charge in [-0.1, -0.05) is 6.92 Å². The Bertz CT molecular complexity index is 987. The lowest BCUT2D eigenvalue weighted by Crippen LogP contribution is -2.47. The number of sulfonamides is 1. The molecule has 1 aliphatic heterocycles. The van der Waals surface area contributed by atoms with Gasteiger partial charge in [-0.25, -0.2) is 8.42 Å². The number of carbonyl (C=O) groups excluding carboxylic acids is 1. The number of nitrogens with one attached hydrogen (secondary N) is 1. The van der Waals surface area contributed by atoms with Gasteiger partial charge in [0.05, 0.1) is 31.8 Å². The predicted octanol–water partition coefficient (Wildman–Crippen LogP) is 3.11. The highest BCUT2D eigenvalue weighted by molar-refractivity contribution is 7.92. The summed E-state index contributed by atoms with van der Waals surface area (Å²) in [7, 11) is -3.70. The molecule has 1 N–H and O–H groups in total. The van der Waals surface area contributed by atoms with Crippen LogP contribution in [0.5, 0.6) is 5.75 Å². The third kappa shape index (κ3) is 5.92. The molecule has 0 spiro atoms. The van der Waals surface area contributed by atoms with E-state index in [-0.39, 0.29) is 5.91 Å². The maximum absolute atomic E-state index is 13.1. The van der Waals surface area contributed by atoms with Gasteiger partial charge in [0, 0.05) is 24.5 Å². The fourth-order valence-electron chi connectivity index (χ4n) is 3.72. The van der Waals surface area contributed by atoms with Crippen molar-refractivity contribution in [1.29, 1.82) is 0 Å². The first kappa shape index (κ1) is 23.9. The van der Waals surface area contributed by atoms with E-state index in [4.69, 9.17) is 9.47 Å². The van der Waals surface area contributed by atoms with Crippen LogP contribution in [0.15, 0.2) is 48.5 Å². The van der Waals surface area contributed by atoms with E-state index in [1.165, 1.54) is 4.31 Å². The van der Waals surface area contributed by atoms with Crippen LogP contribution < -0.4 is 19.3 Å². The summed E-state index contributed by atoms with van der Waals surface area (Å²) in [5.41, 5.74) is 2.09. The molecule has 1 amide bonds. The van der Waals surface area contributed by atoms with Gasteiger partial charge >= 0.3 is 0 Å². The SMILES string of the molecule is CCOc1ccc(N([C@H](CC)C(=O)Nc2ccc(N3CCOCC3)cc2)S(C)(=O)=O)cc1. The fourth-order valence-corrected chi connectivity index (χ4v) is 4.93. The topological polar surface area (TPSA) is 88.2 Å². The van der Waals surface area contributed by atoms with Gasteiger partial charge in [-0.2, -0.15) is 0 Å². The predicted molar refractivity (Wildman–Crippen MR) is 127 cm³/mol. The number of hydrogen-bond donors (Lipinski definition) is 1. The van der Waals surface area contributed by atoms with Crippen LogP contribution in [0.25, 0.3) is 0 Å². The zero-order chi connectivity index (χ0) is 23.1. The Kier molecular flexibility index (Phi) is 7.98. The summed E-state index contributed by atoms with van der Waals surface area (Å²) < 4.78 is 37.2. The molecule has 1 saturated heterocycles. The van der Waals surface area contributed by atoms with Crippen LogP contribution in [0.1, 0.15) is 20.3 Å². The van der Waals surface area contributed by atoms with E-state index >= 15 is 0 Å². The fraction of sp³-hybridized carbons (Fsp3) is 0.435. The first-order valence-corrected chi connectivity index (χ1v) is 12.6. The largest absolute Gasteiger partial charge is 0.494 e. The molecule has 9 heteroatoms. The smallest absolute Gasteiger partial charge is 0.248 e. The molecule has 1 atom stereocenters. The van der Waals surface area contributed by atoms with Crippen LogP contribution in [0.3, 0.4) is 0 Å². The second kappa shape index (κ2) is 10.7. The van der Waals surface area contributed by atoms with Crippen LogP contribution in [0, 0.1) is 0 Å². The lowest BCUT2D eigenvalue weighted by Gasteiger charge is -2.30. The van der Waals surface area contributed by atoms with Gasteiger partial charge in [-0.3, -0.25) is 9.10 Å². The number of carbonyl (C=O) groups is 1. The van der Waals surface area contributed by atoms with Gasteiger partial charge < -0.3 is 19.7 Å². The quantitative estimate of drug-likeness (QED) is 0.617. The Morgan fingerprint density at radius 3 is 2.25 bits per heavy atom. The summed E-state index contributed by atoms with van der Waals surface area (Å²) in [4.78, 5) is 15.3. The van der Waals surface area contributed by atoms with E-state index in [9.17, 15) is 13.2 Å². The maximum Gasteiger partial charge on any atom is 0.248 e. The van der Waals surface area contributed by atoms with E-state index in [1.54, 1.807) is 31.2 Å². The minimum Gasteiger partial charge on any atom is -0.494 e. The van der Waals surface area contributed by atoms with Crippen molar-refractivity contribution in [3.63, 3.8) is 0 Å². The number of nitrogens with zero attached hydrogens (tertiary/aromatic N) is 2. The maximum atomic E-state index is 13.1. The molecule has 1 aliphatic rings. The standard InChI is InChI=1S/C23H31N3O5S/c1-4-22(26(32(3,28)29)20-10-12-21(13-11-20)31-5-2)23(27)24-18-6-8-19(9-7-18)25-14-16-30-17-15-25/h6-13,22H,4-5,14-17H2,1-3H3,(H,24,27)/t22-/m1/s1. The van der Waals surface area contributed by atoms with Crippen LogP contribution in [-0.2, 0) is 19.6 Å². The summed E-state index contributed by atoms with van der Waals surface area (Å²) in [5.74, 6) is 0.258. The van der Waals surface area contributed by atoms with Crippen molar-refractivity contribution >= 4 is 33.0 Å². The Balaban J connectivity index is 1.77.